The molecule has 0 spiro atoms. The standard InChI is InChI=1S/C23H27N3O4/c1-3-4-7-14-26-23(29)19-9-6-5-8-18(19)21(25-26)22(28)24-15-20(27)16-10-12-17(30-2)13-11-16/h5-6,8-13,20,27H,3-4,7,14-15H2,1-2H3,(H,24,28). The van der Waals surface area contributed by atoms with E-state index in [2.05, 4.69) is 17.3 Å². The number of aliphatic hydroxyl groups is 1. The van der Waals surface area contributed by atoms with Crippen LogP contribution in [0.3, 0.4) is 0 Å². The van der Waals surface area contributed by atoms with Gasteiger partial charge in [0.05, 0.1) is 18.6 Å². The molecule has 0 aliphatic rings. The topological polar surface area (TPSA) is 93.5 Å². The molecule has 1 aromatic heterocycles. The van der Waals surface area contributed by atoms with Gasteiger partial charge in [-0.1, -0.05) is 50.1 Å². The molecule has 0 fully saturated rings. The molecule has 1 heterocycles. The Balaban J connectivity index is 1.80. The first-order valence-corrected chi connectivity index (χ1v) is 10.1. The monoisotopic (exact) mass is 409 g/mol. The van der Waals surface area contributed by atoms with E-state index in [9.17, 15) is 14.7 Å². The first kappa shape index (κ1) is 21.5. The van der Waals surface area contributed by atoms with Gasteiger partial charge in [0.1, 0.15) is 5.75 Å². The van der Waals surface area contributed by atoms with Crippen molar-refractivity contribution in [2.24, 2.45) is 0 Å². The van der Waals surface area contributed by atoms with Gasteiger partial charge in [-0.15, -0.1) is 0 Å². The fourth-order valence-corrected chi connectivity index (χ4v) is 3.28. The van der Waals surface area contributed by atoms with Gasteiger partial charge in [-0.05, 0) is 30.2 Å². The van der Waals surface area contributed by atoms with Crippen LogP contribution >= 0.6 is 0 Å². The number of methoxy groups -OCH3 is 1. The summed E-state index contributed by atoms with van der Waals surface area (Å²) in [6.45, 7) is 2.58. The largest absolute Gasteiger partial charge is 0.497 e. The summed E-state index contributed by atoms with van der Waals surface area (Å²) in [4.78, 5) is 25.6. The molecule has 0 aliphatic heterocycles. The van der Waals surface area contributed by atoms with Gasteiger partial charge in [0.25, 0.3) is 11.5 Å². The number of carbonyl (C=O) groups is 1. The third-order valence-corrected chi connectivity index (χ3v) is 5.01. The van der Waals surface area contributed by atoms with E-state index < -0.39 is 12.0 Å². The van der Waals surface area contributed by atoms with Crippen molar-refractivity contribution in [3.05, 3.63) is 70.1 Å². The van der Waals surface area contributed by atoms with Crippen LogP contribution in [0.25, 0.3) is 10.8 Å². The van der Waals surface area contributed by atoms with E-state index in [1.54, 1.807) is 55.6 Å². The summed E-state index contributed by atoms with van der Waals surface area (Å²) in [5.41, 5.74) is 0.651. The van der Waals surface area contributed by atoms with E-state index in [0.717, 1.165) is 19.3 Å². The second kappa shape index (κ2) is 10.0. The SMILES string of the molecule is CCCCCn1nc(C(=O)NCC(O)c2ccc(OC)cc2)c2ccccc2c1=O. The molecule has 1 atom stereocenters. The molecule has 1 amide bonds. The van der Waals surface area contributed by atoms with Gasteiger partial charge < -0.3 is 15.2 Å². The highest BCUT2D eigenvalue weighted by Crippen LogP contribution is 2.18. The molecule has 7 nitrogen and oxygen atoms in total. The average molecular weight is 409 g/mol. The maximum atomic E-state index is 12.9. The van der Waals surface area contributed by atoms with Gasteiger partial charge in [0.2, 0.25) is 0 Å². The van der Waals surface area contributed by atoms with Gasteiger partial charge in [-0.25, -0.2) is 4.68 Å². The number of benzene rings is 2. The molecule has 0 aliphatic carbocycles. The first-order chi connectivity index (χ1) is 14.5. The van der Waals surface area contributed by atoms with Crippen molar-refractivity contribution in [1.29, 1.82) is 0 Å². The Morgan fingerprint density at radius 3 is 2.50 bits per heavy atom. The summed E-state index contributed by atoms with van der Waals surface area (Å²) >= 11 is 0. The second-order valence-corrected chi connectivity index (χ2v) is 7.13. The van der Waals surface area contributed by atoms with E-state index in [1.165, 1.54) is 4.68 Å². The van der Waals surface area contributed by atoms with Crippen LogP contribution in [0.1, 0.15) is 48.3 Å². The smallest absolute Gasteiger partial charge is 0.274 e. The quantitative estimate of drug-likeness (QED) is 0.530. The highest BCUT2D eigenvalue weighted by atomic mass is 16.5. The molecular formula is C23H27N3O4. The van der Waals surface area contributed by atoms with Crippen LogP contribution in [0, 0.1) is 0 Å². The van der Waals surface area contributed by atoms with Gasteiger partial charge in [-0.3, -0.25) is 9.59 Å². The van der Waals surface area contributed by atoms with Crippen molar-refractivity contribution in [3.63, 3.8) is 0 Å². The molecule has 2 N–H and O–H groups in total. The lowest BCUT2D eigenvalue weighted by molar-refractivity contribution is 0.0910. The van der Waals surface area contributed by atoms with Crippen molar-refractivity contribution < 1.29 is 14.6 Å². The Hall–Kier alpha value is -3.19. The molecule has 0 saturated heterocycles. The van der Waals surface area contributed by atoms with Gasteiger partial charge >= 0.3 is 0 Å². The van der Waals surface area contributed by atoms with Gasteiger partial charge in [0.15, 0.2) is 5.69 Å². The Bertz CT molecular complexity index is 1060. The molecule has 0 saturated carbocycles. The zero-order chi connectivity index (χ0) is 21.5. The molecule has 0 bridgehead atoms. The van der Waals surface area contributed by atoms with Crippen LogP contribution in [-0.2, 0) is 6.54 Å². The average Bonchev–Trinajstić information content (AvgIpc) is 2.79. The number of nitrogens with zero attached hydrogens (tertiary/aromatic N) is 2. The Morgan fingerprint density at radius 1 is 1.13 bits per heavy atom. The van der Waals surface area contributed by atoms with Crippen LogP contribution < -0.4 is 15.6 Å². The lowest BCUT2D eigenvalue weighted by Gasteiger charge is -2.14. The fourth-order valence-electron chi connectivity index (χ4n) is 3.28. The maximum Gasteiger partial charge on any atom is 0.274 e. The minimum Gasteiger partial charge on any atom is -0.497 e. The number of rotatable bonds is 9. The maximum absolute atomic E-state index is 12.9. The molecule has 7 heteroatoms. The van der Waals surface area contributed by atoms with Crippen molar-refractivity contribution >= 4 is 16.7 Å². The van der Waals surface area contributed by atoms with E-state index in [0.29, 0.717) is 28.6 Å². The number of nitrogens with one attached hydrogen (secondary N) is 1. The highest BCUT2D eigenvalue weighted by Gasteiger charge is 2.18. The number of hydrogen-bond acceptors (Lipinski definition) is 5. The Morgan fingerprint density at radius 2 is 1.83 bits per heavy atom. The summed E-state index contributed by atoms with van der Waals surface area (Å²) in [5.74, 6) is 0.263. The second-order valence-electron chi connectivity index (χ2n) is 7.13. The van der Waals surface area contributed by atoms with Crippen LogP contribution in [0.2, 0.25) is 0 Å². The molecule has 1 unspecified atom stereocenters. The molecule has 2 aromatic carbocycles. The van der Waals surface area contributed by atoms with Gasteiger partial charge in [-0.2, -0.15) is 5.10 Å². The fraction of sp³-hybridized carbons (Fsp3) is 0.348. The number of amides is 1. The van der Waals surface area contributed by atoms with E-state index in [-0.39, 0.29) is 17.8 Å². The third-order valence-electron chi connectivity index (χ3n) is 5.01. The Labute approximate surface area is 175 Å². The normalized spacial score (nSPS) is 12.0. The molecule has 0 radical (unpaired) electrons. The number of fused-ring (bicyclic) bond motifs is 1. The minimum absolute atomic E-state index is 0.0239. The predicted octanol–water partition coefficient (Wildman–Crippen LogP) is 3.06. The zero-order valence-corrected chi connectivity index (χ0v) is 17.3. The van der Waals surface area contributed by atoms with Crippen LogP contribution in [0.5, 0.6) is 5.75 Å². The lowest BCUT2D eigenvalue weighted by atomic mass is 10.1. The lowest BCUT2D eigenvalue weighted by Crippen LogP contribution is -2.33. The predicted molar refractivity (Wildman–Crippen MR) is 116 cm³/mol. The molecule has 158 valence electrons. The number of carbonyl (C=O) groups excluding carboxylic acids is 1. The van der Waals surface area contributed by atoms with Gasteiger partial charge in [0, 0.05) is 18.5 Å². The molecule has 3 rings (SSSR count). The van der Waals surface area contributed by atoms with Crippen molar-refractivity contribution in [1.82, 2.24) is 15.1 Å². The summed E-state index contributed by atoms with van der Waals surface area (Å²) in [6.07, 6.45) is 1.95. The van der Waals surface area contributed by atoms with Crippen LogP contribution in [-0.4, -0.2) is 34.4 Å². The number of hydrogen-bond donors (Lipinski definition) is 2. The first-order valence-electron chi connectivity index (χ1n) is 10.1. The number of aromatic nitrogens is 2. The summed E-state index contributed by atoms with van der Waals surface area (Å²) in [5, 5.41) is 18.4. The number of aryl methyl sites for hydroxylation is 1. The summed E-state index contributed by atoms with van der Waals surface area (Å²) < 4.78 is 6.48. The van der Waals surface area contributed by atoms with Crippen LogP contribution in [0.15, 0.2) is 53.3 Å². The van der Waals surface area contributed by atoms with Crippen molar-refractivity contribution in [2.45, 2.75) is 38.8 Å². The molecular weight excluding hydrogens is 382 g/mol. The minimum atomic E-state index is -0.874. The van der Waals surface area contributed by atoms with E-state index in [1.807, 2.05) is 0 Å². The van der Waals surface area contributed by atoms with Crippen molar-refractivity contribution in [3.8, 4) is 5.75 Å². The van der Waals surface area contributed by atoms with Crippen LogP contribution in [0.4, 0.5) is 0 Å². The molecule has 3 aromatic rings. The highest BCUT2D eigenvalue weighted by molar-refractivity contribution is 6.04. The van der Waals surface area contributed by atoms with E-state index in [4.69, 9.17) is 4.74 Å². The number of unbranched alkanes of at least 4 members (excludes halogenated alkanes) is 2. The van der Waals surface area contributed by atoms with Crippen molar-refractivity contribution in [2.75, 3.05) is 13.7 Å². The number of aliphatic hydroxyl groups excluding tert-OH is 1. The zero-order valence-electron chi connectivity index (χ0n) is 17.3. The summed E-state index contributed by atoms with van der Waals surface area (Å²) in [6, 6.07) is 14.0. The summed E-state index contributed by atoms with van der Waals surface area (Å²) in [7, 11) is 1.57. The molecule has 30 heavy (non-hydrogen) atoms. The third kappa shape index (κ3) is 4.86. The van der Waals surface area contributed by atoms with E-state index >= 15 is 0 Å². The number of ether oxygens (including phenoxy) is 1. The Kier molecular flexibility index (Phi) is 7.19.